The number of hydrogen-bond donors (Lipinski definition) is 1. The lowest BCUT2D eigenvalue weighted by Crippen LogP contribution is -2.15. The number of hydrogen-bond acceptors (Lipinski definition) is 3. The second-order valence-corrected chi connectivity index (χ2v) is 8.53. The van der Waals surface area contributed by atoms with Crippen LogP contribution < -0.4 is 5.32 Å². The summed E-state index contributed by atoms with van der Waals surface area (Å²) >= 11 is 2.04. The van der Waals surface area contributed by atoms with Crippen molar-refractivity contribution in [2.75, 3.05) is 0 Å². The van der Waals surface area contributed by atoms with Gasteiger partial charge in [0.15, 0.2) is 0 Å². The lowest BCUT2D eigenvalue weighted by molar-refractivity contribution is 0.318. The van der Waals surface area contributed by atoms with Crippen LogP contribution in [0.25, 0.3) is 0 Å². The Hall–Kier alpha value is -0.410. The number of thiazole rings is 1. The Morgan fingerprint density at radius 2 is 1.71 bits per heavy atom. The predicted octanol–water partition coefficient (Wildman–Crippen LogP) is 4.96. The number of nitrogens with zero attached hydrogens (tertiary/aromatic N) is 1. The monoisotopic (exact) mass is 304 g/mol. The van der Waals surface area contributed by atoms with Gasteiger partial charge in [-0.3, -0.25) is 0 Å². The molecule has 2 nitrogen and oxygen atoms in total. The fourth-order valence-electron chi connectivity index (χ4n) is 3.70. The van der Waals surface area contributed by atoms with Crippen LogP contribution in [0.15, 0.2) is 0 Å². The molecule has 1 aromatic heterocycles. The second kappa shape index (κ2) is 6.00. The first kappa shape index (κ1) is 14.2. The van der Waals surface area contributed by atoms with Crippen molar-refractivity contribution in [3.8, 4) is 0 Å². The lowest BCUT2D eigenvalue weighted by Gasteiger charge is -2.26. The van der Waals surface area contributed by atoms with E-state index in [1.54, 1.807) is 4.88 Å². The fraction of sp³-hybridized carbons (Fsp3) is 0.833. The van der Waals surface area contributed by atoms with Crippen molar-refractivity contribution in [3.63, 3.8) is 0 Å². The highest BCUT2D eigenvalue weighted by Crippen LogP contribution is 2.46. The quantitative estimate of drug-likeness (QED) is 0.803. The third kappa shape index (κ3) is 3.34. The zero-order valence-electron chi connectivity index (χ0n) is 13.2. The highest BCUT2D eigenvalue weighted by atomic mass is 32.1. The average molecular weight is 305 g/mol. The molecular weight excluding hydrogens is 276 g/mol. The molecule has 0 unspecified atom stereocenters. The van der Waals surface area contributed by atoms with Crippen LogP contribution in [-0.4, -0.2) is 11.0 Å². The maximum atomic E-state index is 5.12. The molecule has 4 rings (SSSR count). The van der Waals surface area contributed by atoms with Crippen molar-refractivity contribution in [2.45, 2.75) is 89.1 Å². The summed E-state index contributed by atoms with van der Waals surface area (Å²) < 4.78 is 0. The van der Waals surface area contributed by atoms with Crippen LogP contribution in [0.5, 0.6) is 0 Å². The number of rotatable bonds is 6. The van der Waals surface area contributed by atoms with Crippen molar-refractivity contribution in [2.24, 2.45) is 5.92 Å². The molecule has 0 aromatic carbocycles. The molecule has 1 heterocycles. The minimum absolute atomic E-state index is 0.768. The van der Waals surface area contributed by atoms with Gasteiger partial charge in [-0.25, -0.2) is 4.98 Å². The Kier molecular flexibility index (Phi) is 4.06. The Labute approximate surface area is 132 Å². The van der Waals surface area contributed by atoms with Crippen LogP contribution in [-0.2, 0) is 6.54 Å². The van der Waals surface area contributed by atoms with Crippen molar-refractivity contribution >= 4 is 11.3 Å². The SMILES string of the molecule is CCC1CCC(c2nc(C3CC3)c(CNC3CC3)s2)CC1. The zero-order valence-corrected chi connectivity index (χ0v) is 14.1. The normalized spacial score (nSPS) is 29.8. The van der Waals surface area contributed by atoms with Crippen molar-refractivity contribution in [1.29, 1.82) is 0 Å². The topological polar surface area (TPSA) is 24.9 Å². The first-order chi connectivity index (χ1) is 10.3. The summed E-state index contributed by atoms with van der Waals surface area (Å²) in [6, 6.07) is 0.808. The van der Waals surface area contributed by atoms with Crippen LogP contribution in [0, 0.1) is 5.92 Å². The molecular formula is C18H28N2S. The van der Waals surface area contributed by atoms with Crippen LogP contribution in [0.2, 0.25) is 0 Å². The van der Waals surface area contributed by atoms with Crippen LogP contribution in [0.4, 0.5) is 0 Å². The van der Waals surface area contributed by atoms with Crippen molar-refractivity contribution in [3.05, 3.63) is 15.6 Å². The molecule has 21 heavy (non-hydrogen) atoms. The smallest absolute Gasteiger partial charge is 0.0962 e. The molecule has 3 saturated carbocycles. The molecule has 0 radical (unpaired) electrons. The summed E-state index contributed by atoms with van der Waals surface area (Å²) in [5, 5.41) is 5.17. The van der Waals surface area contributed by atoms with Gasteiger partial charge < -0.3 is 5.32 Å². The largest absolute Gasteiger partial charge is 0.309 e. The highest BCUT2D eigenvalue weighted by Gasteiger charge is 2.32. The summed E-state index contributed by atoms with van der Waals surface area (Å²) in [5.74, 6) is 2.56. The van der Waals surface area contributed by atoms with Gasteiger partial charge in [0.1, 0.15) is 0 Å². The molecule has 3 heteroatoms. The van der Waals surface area contributed by atoms with Crippen molar-refractivity contribution < 1.29 is 0 Å². The third-order valence-electron chi connectivity index (χ3n) is 5.61. The Bertz CT molecular complexity index is 479. The number of aromatic nitrogens is 1. The maximum absolute atomic E-state index is 5.12. The molecule has 3 aliphatic rings. The molecule has 0 amide bonds. The first-order valence-corrected chi connectivity index (χ1v) is 9.88. The number of nitrogens with one attached hydrogen (secondary N) is 1. The van der Waals surface area contributed by atoms with Crippen LogP contribution in [0.1, 0.15) is 92.1 Å². The molecule has 0 saturated heterocycles. The Morgan fingerprint density at radius 3 is 2.33 bits per heavy atom. The second-order valence-electron chi connectivity index (χ2n) is 7.42. The van der Waals surface area contributed by atoms with Crippen LogP contribution >= 0.6 is 11.3 Å². The van der Waals surface area contributed by atoms with Crippen LogP contribution in [0.3, 0.4) is 0 Å². The van der Waals surface area contributed by atoms with E-state index in [0.717, 1.165) is 30.3 Å². The van der Waals surface area contributed by atoms with E-state index in [9.17, 15) is 0 Å². The molecule has 1 N–H and O–H groups in total. The summed E-state index contributed by atoms with van der Waals surface area (Å²) in [5.41, 5.74) is 1.47. The minimum Gasteiger partial charge on any atom is -0.309 e. The van der Waals surface area contributed by atoms with Crippen molar-refractivity contribution in [1.82, 2.24) is 10.3 Å². The maximum Gasteiger partial charge on any atom is 0.0962 e. The van der Waals surface area contributed by atoms with Gasteiger partial charge in [-0.1, -0.05) is 13.3 Å². The zero-order chi connectivity index (χ0) is 14.2. The molecule has 0 bridgehead atoms. The summed E-state index contributed by atoms with van der Waals surface area (Å²) in [6.07, 6.45) is 12.5. The summed E-state index contributed by atoms with van der Waals surface area (Å²) in [7, 11) is 0. The fourth-order valence-corrected chi connectivity index (χ4v) is 4.97. The molecule has 1 aromatic rings. The van der Waals surface area contributed by atoms with Gasteiger partial charge in [0.05, 0.1) is 10.7 Å². The van der Waals surface area contributed by atoms with Gasteiger partial charge in [-0.15, -0.1) is 11.3 Å². The first-order valence-electron chi connectivity index (χ1n) is 9.06. The summed E-state index contributed by atoms with van der Waals surface area (Å²) in [6.45, 7) is 3.43. The predicted molar refractivity (Wildman–Crippen MR) is 88.9 cm³/mol. The van der Waals surface area contributed by atoms with Gasteiger partial charge in [0, 0.05) is 29.3 Å². The van der Waals surface area contributed by atoms with Gasteiger partial charge in [-0.05, 0) is 57.3 Å². The molecule has 3 aliphatic carbocycles. The molecule has 0 spiro atoms. The average Bonchev–Trinajstić information content (AvgIpc) is 3.44. The lowest BCUT2D eigenvalue weighted by atomic mass is 9.81. The molecule has 116 valence electrons. The van der Waals surface area contributed by atoms with E-state index in [4.69, 9.17) is 4.98 Å². The third-order valence-corrected chi connectivity index (χ3v) is 6.84. The highest BCUT2D eigenvalue weighted by molar-refractivity contribution is 7.11. The Morgan fingerprint density at radius 1 is 1.00 bits per heavy atom. The molecule has 0 atom stereocenters. The van der Waals surface area contributed by atoms with Gasteiger partial charge in [0.25, 0.3) is 0 Å². The van der Waals surface area contributed by atoms with Gasteiger partial charge in [-0.2, -0.15) is 0 Å². The Balaban J connectivity index is 1.45. The molecule has 3 fully saturated rings. The van der Waals surface area contributed by atoms with E-state index in [1.807, 2.05) is 11.3 Å². The van der Waals surface area contributed by atoms with E-state index < -0.39 is 0 Å². The molecule has 0 aliphatic heterocycles. The summed E-state index contributed by atoms with van der Waals surface area (Å²) in [4.78, 5) is 6.69. The minimum atomic E-state index is 0.768. The van der Waals surface area contributed by atoms with E-state index in [0.29, 0.717) is 0 Å². The van der Waals surface area contributed by atoms with E-state index in [1.165, 1.54) is 68.5 Å². The van der Waals surface area contributed by atoms with E-state index in [2.05, 4.69) is 12.2 Å². The standard InChI is InChI=1S/C18H28N2S/c1-2-12-3-5-14(6-4-12)18-20-17(13-7-8-13)16(21-18)11-19-15-9-10-15/h12-15,19H,2-11H2,1H3. The van der Waals surface area contributed by atoms with Gasteiger partial charge in [0.2, 0.25) is 0 Å². The van der Waals surface area contributed by atoms with E-state index in [-0.39, 0.29) is 0 Å². The van der Waals surface area contributed by atoms with E-state index >= 15 is 0 Å². The van der Waals surface area contributed by atoms with Gasteiger partial charge >= 0.3 is 0 Å².